The number of rotatable bonds is 1. The summed E-state index contributed by atoms with van der Waals surface area (Å²) in [6.45, 7) is 6.37. The Labute approximate surface area is 212 Å². The maximum atomic E-state index is 14.2. The van der Waals surface area contributed by atoms with Gasteiger partial charge in [-0.15, -0.1) is 0 Å². The highest BCUT2D eigenvalue weighted by molar-refractivity contribution is 5.86. The van der Waals surface area contributed by atoms with Crippen molar-refractivity contribution in [3.63, 3.8) is 0 Å². The maximum Gasteiger partial charge on any atom is 0.433 e. The Hall–Kier alpha value is -2.76. The zero-order chi connectivity index (χ0) is 26.3. The number of fused-ring (bicyclic) bond motifs is 6. The van der Waals surface area contributed by atoms with E-state index < -0.39 is 29.6 Å². The summed E-state index contributed by atoms with van der Waals surface area (Å²) < 4.78 is 58.2. The Morgan fingerprint density at radius 2 is 1.95 bits per heavy atom. The van der Waals surface area contributed by atoms with Gasteiger partial charge in [-0.3, -0.25) is 4.79 Å². The number of carbonyl (C=O) groups is 1. The van der Waals surface area contributed by atoms with Crippen molar-refractivity contribution in [2.45, 2.75) is 89.4 Å². The molecule has 0 unspecified atom stereocenters. The molecule has 0 bridgehead atoms. The van der Waals surface area contributed by atoms with Gasteiger partial charge >= 0.3 is 6.18 Å². The number of hydrogen-bond acceptors (Lipinski definition) is 7. The van der Waals surface area contributed by atoms with Crippen LogP contribution in [0.15, 0.2) is 12.1 Å². The number of nitrogen functional groups attached to an aromatic ring is 1. The van der Waals surface area contributed by atoms with Gasteiger partial charge in [0.25, 0.3) is 5.91 Å². The second kappa shape index (κ2) is 8.37. The second-order valence-corrected chi connectivity index (χ2v) is 10.5. The molecule has 1 amide bonds. The Balaban J connectivity index is 1.36. The lowest BCUT2D eigenvalue weighted by atomic mass is 9.83. The van der Waals surface area contributed by atoms with Crippen molar-refractivity contribution in [2.75, 3.05) is 12.3 Å². The van der Waals surface area contributed by atoms with E-state index in [0.29, 0.717) is 49.5 Å². The molecular weight excluding hydrogens is 489 g/mol. The number of nitrogens with two attached hydrogens (primary N) is 1. The average molecular weight is 519 g/mol. The number of likely N-dealkylation sites (tertiary alicyclic amines) is 1. The molecule has 2 aromatic rings. The lowest BCUT2D eigenvalue weighted by Gasteiger charge is -2.48. The fourth-order valence-electron chi connectivity index (χ4n) is 6.30. The van der Waals surface area contributed by atoms with E-state index in [-0.39, 0.29) is 30.4 Å². The van der Waals surface area contributed by atoms with Crippen molar-refractivity contribution in [1.29, 1.82) is 0 Å². The van der Waals surface area contributed by atoms with E-state index in [4.69, 9.17) is 19.9 Å². The van der Waals surface area contributed by atoms with E-state index in [2.05, 4.69) is 9.97 Å². The third kappa shape index (κ3) is 3.81. The van der Waals surface area contributed by atoms with Crippen molar-refractivity contribution in [2.24, 2.45) is 0 Å². The van der Waals surface area contributed by atoms with E-state index in [1.165, 1.54) is 6.07 Å². The molecule has 0 saturated carbocycles. The summed E-state index contributed by atoms with van der Waals surface area (Å²) in [6.07, 6.45) is -3.96. The Morgan fingerprint density at radius 3 is 2.70 bits per heavy atom. The summed E-state index contributed by atoms with van der Waals surface area (Å²) in [5.74, 6) is 0.196. The first-order chi connectivity index (χ1) is 17.5. The molecule has 0 radical (unpaired) electrons. The molecule has 4 aliphatic rings. The van der Waals surface area contributed by atoms with E-state index in [1.807, 2.05) is 6.92 Å². The number of hydrogen-bond donors (Lipinski definition) is 1. The quantitative estimate of drug-likeness (QED) is 0.600. The van der Waals surface area contributed by atoms with Crippen LogP contribution in [0, 0.1) is 0 Å². The second-order valence-electron chi connectivity index (χ2n) is 10.5. The predicted octanol–water partition coefficient (Wildman–Crippen LogP) is 4.32. The molecule has 198 valence electrons. The SMILES string of the molecule is C[C@H]1O[C@H]2CCCN(C(=O)[C@@]3(C)Cc4c(nc(N)c5c4CO[C@@H]5C)CO3)[C@H]2c2ccc(C(F)(F)F)nc21. The van der Waals surface area contributed by atoms with Crippen LogP contribution in [0.3, 0.4) is 0 Å². The number of amides is 1. The summed E-state index contributed by atoms with van der Waals surface area (Å²) in [4.78, 5) is 24.3. The van der Waals surface area contributed by atoms with Crippen LogP contribution in [0.1, 0.15) is 91.2 Å². The molecule has 4 aliphatic heterocycles. The normalized spacial score (nSPS) is 30.8. The first-order valence-corrected chi connectivity index (χ1v) is 12.6. The van der Waals surface area contributed by atoms with Gasteiger partial charge in [-0.2, -0.15) is 13.2 Å². The standard InChI is InChI=1S/C26H29F3N4O4/c1-12-20-16(10-35-12)15-9-25(3,36-11-17(15)31-23(20)30)24(34)33-8-4-5-18-22(33)14-6-7-19(26(27,28)29)32-21(14)13(2)37-18/h6-7,12-13,18,22H,4-5,8-11H2,1-3H3,(H2,30,31)/t12-,13-,18+,22+,25-/m1/s1. The molecular formula is C26H29F3N4O4. The first kappa shape index (κ1) is 24.6. The van der Waals surface area contributed by atoms with Crippen molar-refractivity contribution in [1.82, 2.24) is 14.9 Å². The van der Waals surface area contributed by atoms with Crippen molar-refractivity contribution < 1.29 is 32.2 Å². The van der Waals surface area contributed by atoms with Crippen LogP contribution in [0.4, 0.5) is 19.0 Å². The number of pyridine rings is 2. The monoisotopic (exact) mass is 518 g/mol. The molecule has 6 heterocycles. The predicted molar refractivity (Wildman–Crippen MR) is 125 cm³/mol. The fraction of sp³-hybridized carbons (Fsp3) is 0.577. The van der Waals surface area contributed by atoms with Gasteiger partial charge in [0.1, 0.15) is 17.1 Å². The van der Waals surface area contributed by atoms with Gasteiger partial charge in [-0.25, -0.2) is 9.97 Å². The van der Waals surface area contributed by atoms with E-state index in [1.54, 1.807) is 18.7 Å². The largest absolute Gasteiger partial charge is 0.433 e. The molecule has 1 saturated heterocycles. The van der Waals surface area contributed by atoms with Crippen LogP contribution in [0.2, 0.25) is 0 Å². The highest BCUT2D eigenvalue weighted by atomic mass is 19.4. The lowest BCUT2D eigenvalue weighted by Crippen LogP contribution is -2.57. The van der Waals surface area contributed by atoms with Crippen molar-refractivity contribution in [3.05, 3.63) is 51.5 Å². The first-order valence-electron chi connectivity index (χ1n) is 12.6. The molecule has 1 fully saturated rings. The number of nitrogens with zero attached hydrogens (tertiary/aromatic N) is 3. The molecule has 11 heteroatoms. The number of aromatic nitrogens is 2. The topological polar surface area (TPSA) is 99.8 Å². The van der Waals surface area contributed by atoms with Gasteiger partial charge in [0, 0.05) is 24.1 Å². The molecule has 6 rings (SSSR count). The van der Waals surface area contributed by atoms with Gasteiger partial charge in [0.15, 0.2) is 0 Å². The molecule has 37 heavy (non-hydrogen) atoms. The van der Waals surface area contributed by atoms with Crippen molar-refractivity contribution >= 4 is 11.7 Å². The highest BCUT2D eigenvalue weighted by Crippen LogP contribution is 2.46. The minimum atomic E-state index is -4.57. The minimum Gasteiger partial charge on any atom is -0.383 e. The summed E-state index contributed by atoms with van der Waals surface area (Å²) >= 11 is 0. The van der Waals surface area contributed by atoms with Crippen LogP contribution in [0.5, 0.6) is 0 Å². The molecule has 5 atom stereocenters. The van der Waals surface area contributed by atoms with Crippen LogP contribution in [0.25, 0.3) is 0 Å². The number of halogens is 3. The third-order valence-electron chi connectivity index (χ3n) is 8.11. The summed E-state index contributed by atoms with van der Waals surface area (Å²) in [7, 11) is 0. The van der Waals surface area contributed by atoms with Crippen LogP contribution in [-0.2, 0) is 44.8 Å². The fourth-order valence-corrected chi connectivity index (χ4v) is 6.30. The zero-order valence-corrected chi connectivity index (χ0v) is 20.9. The molecule has 0 aromatic carbocycles. The van der Waals surface area contributed by atoms with Crippen molar-refractivity contribution in [3.8, 4) is 0 Å². The minimum absolute atomic E-state index is 0.131. The van der Waals surface area contributed by atoms with Gasteiger partial charge in [-0.05, 0) is 50.8 Å². The smallest absolute Gasteiger partial charge is 0.383 e. The Bertz CT molecular complexity index is 1290. The Kier molecular flexibility index (Phi) is 5.56. The summed E-state index contributed by atoms with van der Waals surface area (Å²) in [5.41, 5.74) is 8.32. The van der Waals surface area contributed by atoms with Crippen LogP contribution in [-0.4, -0.2) is 39.0 Å². The number of alkyl halides is 3. The lowest BCUT2D eigenvalue weighted by molar-refractivity contribution is -0.174. The van der Waals surface area contributed by atoms with Gasteiger partial charge < -0.3 is 24.8 Å². The highest BCUT2D eigenvalue weighted by Gasteiger charge is 2.50. The van der Waals surface area contributed by atoms with Crippen LogP contribution < -0.4 is 5.73 Å². The molecule has 0 aliphatic carbocycles. The number of piperidine rings is 1. The third-order valence-corrected chi connectivity index (χ3v) is 8.11. The molecule has 0 spiro atoms. The van der Waals surface area contributed by atoms with Crippen LogP contribution >= 0.6 is 0 Å². The maximum absolute atomic E-state index is 14.2. The summed E-state index contributed by atoms with van der Waals surface area (Å²) in [6, 6.07) is 1.90. The number of ether oxygens (including phenoxy) is 3. The molecule has 2 aromatic heterocycles. The van der Waals surface area contributed by atoms with E-state index >= 15 is 0 Å². The zero-order valence-electron chi connectivity index (χ0n) is 20.9. The average Bonchev–Trinajstić information content (AvgIpc) is 3.25. The molecule has 2 N–H and O–H groups in total. The Morgan fingerprint density at radius 1 is 1.16 bits per heavy atom. The number of carbonyl (C=O) groups excluding carboxylic acids is 1. The molecule has 8 nitrogen and oxygen atoms in total. The summed E-state index contributed by atoms with van der Waals surface area (Å²) in [5, 5.41) is 0. The van der Waals surface area contributed by atoms with E-state index in [9.17, 15) is 18.0 Å². The van der Waals surface area contributed by atoms with Gasteiger partial charge in [-0.1, -0.05) is 6.07 Å². The van der Waals surface area contributed by atoms with Gasteiger partial charge in [0.2, 0.25) is 0 Å². The van der Waals surface area contributed by atoms with Gasteiger partial charge in [0.05, 0.1) is 49.0 Å². The van der Waals surface area contributed by atoms with E-state index in [0.717, 1.165) is 22.8 Å². The number of anilines is 1.